The highest BCUT2D eigenvalue weighted by Gasteiger charge is 2.27. The van der Waals surface area contributed by atoms with E-state index in [2.05, 4.69) is 28.2 Å². The Labute approximate surface area is 121 Å². The molecule has 1 fully saturated rings. The number of thiocarbonyl (C=S) groups is 1. The minimum Gasteiger partial charge on any atom is -0.389 e. The average Bonchev–Trinajstić information content (AvgIpc) is 2.28. The van der Waals surface area contributed by atoms with E-state index in [1.54, 1.807) is 0 Å². The lowest BCUT2D eigenvalue weighted by molar-refractivity contribution is 0.0658. The van der Waals surface area contributed by atoms with Crippen molar-refractivity contribution < 1.29 is 4.74 Å². The Hall–Kier alpha value is -0.650. The van der Waals surface area contributed by atoms with Crippen LogP contribution in [0.15, 0.2) is 22.7 Å². The van der Waals surface area contributed by atoms with Gasteiger partial charge in [0.2, 0.25) is 0 Å². The number of hydrogen-bond donors (Lipinski definition) is 2. The van der Waals surface area contributed by atoms with Gasteiger partial charge >= 0.3 is 0 Å². The Bertz CT molecular complexity index is 458. The quantitative estimate of drug-likeness (QED) is 0.837. The Balaban J connectivity index is 2.26. The van der Waals surface area contributed by atoms with E-state index < -0.39 is 0 Å². The Morgan fingerprint density at radius 2 is 2.11 bits per heavy atom. The molecule has 1 saturated heterocycles. The van der Waals surface area contributed by atoms with Gasteiger partial charge in [0.05, 0.1) is 0 Å². The smallest absolute Gasteiger partial charge is 0.106 e. The molecular formula is C13H17BrN2OS. The van der Waals surface area contributed by atoms with E-state index >= 15 is 0 Å². The van der Waals surface area contributed by atoms with Crippen molar-refractivity contribution in [2.24, 2.45) is 5.73 Å². The second-order valence-electron chi connectivity index (χ2n) is 4.85. The van der Waals surface area contributed by atoms with Gasteiger partial charge in [0.1, 0.15) is 4.99 Å². The van der Waals surface area contributed by atoms with E-state index in [0.29, 0.717) is 4.99 Å². The fourth-order valence-electron chi connectivity index (χ4n) is 2.11. The van der Waals surface area contributed by atoms with E-state index in [-0.39, 0.29) is 5.54 Å². The van der Waals surface area contributed by atoms with Crippen molar-refractivity contribution in [1.29, 1.82) is 0 Å². The minimum atomic E-state index is 0.0403. The molecule has 5 heteroatoms. The van der Waals surface area contributed by atoms with Crippen LogP contribution in [0.1, 0.15) is 25.3 Å². The summed E-state index contributed by atoms with van der Waals surface area (Å²) in [6.45, 7) is 3.79. The normalized spacial score (nSPS) is 18.3. The molecule has 0 aliphatic carbocycles. The van der Waals surface area contributed by atoms with Crippen LogP contribution < -0.4 is 11.1 Å². The van der Waals surface area contributed by atoms with Crippen molar-refractivity contribution in [3.05, 3.63) is 28.2 Å². The summed E-state index contributed by atoms with van der Waals surface area (Å²) in [6, 6.07) is 5.92. The largest absolute Gasteiger partial charge is 0.389 e. The number of rotatable bonds is 3. The zero-order chi connectivity index (χ0) is 13.2. The highest BCUT2D eigenvalue weighted by molar-refractivity contribution is 9.10. The summed E-state index contributed by atoms with van der Waals surface area (Å²) in [4.78, 5) is 0.417. The van der Waals surface area contributed by atoms with Gasteiger partial charge in [0.25, 0.3) is 0 Å². The molecule has 0 bridgehead atoms. The zero-order valence-corrected chi connectivity index (χ0v) is 12.7. The predicted octanol–water partition coefficient (Wildman–Crippen LogP) is 3.06. The minimum absolute atomic E-state index is 0.0403. The van der Waals surface area contributed by atoms with Crippen molar-refractivity contribution in [2.75, 3.05) is 18.5 Å². The Morgan fingerprint density at radius 1 is 1.44 bits per heavy atom. The molecular weight excluding hydrogens is 312 g/mol. The first-order valence-corrected chi connectivity index (χ1v) is 7.16. The number of hydrogen-bond acceptors (Lipinski definition) is 3. The lowest BCUT2D eigenvalue weighted by Gasteiger charge is -2.36. The fraction of sp³-hybridized carbons (Fsp3) is 0.462. The molecule has 0 atom stereocenters. The zero-order valence-electron chi connectivity index (χ0n) is 10.3. The molecule has 1 aliphatic heterocycles. The van der Waals surface area contributed by atoms with Gasteiger partial charge in [-0.15, -0.1) is 0 Å². The molecule has 0 saturated carbocycles. The SMILES string of the molecule is CC1(Nc2cc(Br)ccc2C(N)=S)CCOCC1. The molecule has 0 aromatic heterocycles. The molecule has 3 N–H and O–H groups in total. The van der Waals surface area contributed by atoms with Gasteiger partial charge in [-0.3, -0.25) is 0 Å². The van der Waals surface area contributed by atoms with Gasteiger partial charge in [0, 0.05) is 34.5 Å². The monoisotopic (exact) mass is 328 g/mol. The number of nitrogens with two attached hydrogens (primary N) is 1. The molecule has 0 radical (unpaired) electrons. The van der Waals surface area contributed by atoms with Crippen molar-refractivity contribution in [3.8, 4) is 0 Å². The molecule has 3 nitrogen and oxygen atoms in total. The van der Waals surface area contributed by atoms with Gasteiger partial charge in [0.15, 0.2) is 0 Å². The first-order valence-electron chi connectivity index (χ1n) is 5.95. The fourth-order valence-corrected chi connectivity index (χ4v) is 2.65. The van der Waals surface area contributed by atoms with Crippen LogP contribution in [0.4, 0.5) is 5.69 Å². The molecule has 18 heavy (non-hydrogen) atoms. The molecule has 0 unspecified atom stereocenters. The number of halogens is 1. The van der Waals surface area contributed by atoms with Gasteiger partial charge in [-0.1, -0.05) is 28.1 Å². The van der Waals surface area contributed by atoms with Crippen molar-refractivity contribution in [2.45, 2.75) is 25.3 Å². The number of benzene rings is 1. The van der Waals surface area contributed by atoms with Crippen molar-refractivity contribution >= 4 is 38.8 Å². The lowest BCUT2D eigenvalue weighted by atomic mass is 9.91. The van der Waals surface area contributed by atoms with Crippen LogP contribution in [-0.2, 0) is 4.74 Å². The van der Waals surface area contributed by atoms with Crippen LogP contribution in [0.5, 0.6) is 0 Å². The third-order valence-corrected chi connectivity index (χ3v) is 3.99. The van der Waals surface area contributed by atoms with E-state index in [0.717, 1.165) is 41.8 Å². The topological polar surface area (TPSA) is 47.3 Å². The van der Waals surface area contributed by atoms with Crippen LogP contribution in [0.3, 0.4) is 0 Å². The van der Waals surface area contributed by atoms with Crippen molar-refractivity contribution in [3.63, 3.8) is 0 Å². The molecule has 1 aromatic rings. The number of anilines is 1. The van der Waals surface area contributed by atoms with Crippen LogP contribution in [0, 0.1) is 0 Å². The van der Waals surface area contributed by atoms with Gasteiger partial charge in [-0.25, -0.2) is 0 Å². The van der Waals surface area contributed by atoms with Gasteiger partial charge < -0.3 is 15.8 Å². The average molecular weight is 329 g/mol. The maximum atomic E-state index is 5.76. The summed E-state index contributed by atoms with van der Waals surface area (Å²) in [5.41, 5.74) is 7.68. The Kier molecular flexibility index (Phi) is 4.25. The molecule has 2 rings (SSSR count). The van der Waals surface area contributed by atoms with Crippen LogP contribution in [0.25, 0.3) is 0 Å². The second-order valence-corrected chi connectivity index (χ2v) is 6.21. The van der Waals surface area contributed by atoms with E-state index in [4.69, 9.17) is 22.7 Å². The van der Waals surface area contributed by atoms with Crippen LogP contribution in [0.2, 0.25) is 0 Å². The van der Waals surface area contributed by atoms with Gasteiger partial charge in [-0.05, 0) is 38.0 Å². The summed E-state index contributed by atoms with van der Waals surface area (Å²) in [7, 11) is 0. The molecule has 1 aliphatic rings. The number of ether oxygens (including phenoxy) is 1. The molecule has 1 aromatic carbocycles. The summed E-state index contributed by atoms with van der Waals surface area (Å²) < 4.78 is 6.42. The van der Waals surface area contributed by atoms with E-state index in [1.807, 2.05) is 18.2 Å². The van der Waals surface area contributed by atoms with Crippen molar-refractivity contribution in [1.82, 2.24) is 0 Å². The lowest BCUT2D eigenvalue weighted by Crippen LogP contribution is -2.41. The maximum Gasteiger partial charge on any atom is 0.106 e. The molecule has 98 valence electrons. The van der Waals surface area contributed by atoms with Gasteiger partial charge in [-0.2, -0.15) is 0 Å². The summed E-state index contributed by atoms with van der Waals surface area (Å²) >= 11 is 8.57. The van der Waals surface area contributed by atoms with E-state index in [9.17, 15) is 0 Å². The molecule has 1 heterocycles. The van der Waals surface area contributed by atoms with E-state index in [1.165, 1.54) is 0 Å². The summed E-state index contributed by atoms with van der Waals surface area (Å²) in [5, 5.41) is 3.57. The van der Waals surface area contributed by atoms with Crippen LogP contribution >= 0.6 is 28.1 Å². The third kappa shape index (κ3) is 3.22. The maximum absolute atomic E-state index is 5.76. The third-order valence-electron chi connectivity index (χ3n) is 3.28. The first-order chi connectivity index (χ1) is 8.50. The second kappa shape index (κ2) is 5.55. The first kappa shape index (κ1) is 13.8. The molecule has 0 spiro atoms. The highest BCUT2D eigenvalue weighted by Crippen LogP contribution is 2.29. The summed E-state index contributed by atoms with van der Waals surface area (Å²) in [5.74, 6) is 0. The van der Waals surface area contributed by atoms with Crippen LogP contribution in [-0.4, -0.2) is 23.7 Å². The highest BCUT2D eigenvalue weighted by atomic mass is 79.9. The number of nitrogens with one attached hydrogen (secondary N) is 1. The Morgan fingerprint density at radius 3 is 2.72 bits per heavy atom. The predicted molar refractivity (Wildman–Crippen MR) is 82.1 cm³/mol. The molecule has 0 amide bonds. The standard InChI is InChI=1S/C13H17BrN2OS/c1-13(4-6-17-7-5-13)16-11-8-9(14)2-3-10(11)12(15)18/h2-3,8,16H,4-7H2,1H3,(H2,15,18). The summed E-state index contributed by atoms with van der Waals surface area (Å²) in [6.07, 6.45) is 1.96.